The minimum absolute atomic E-state index is 0.0523. The minimum atomic E-state index is -3.38. The van der Waals surface area contributed by atoms with Gasteiger partial charge in [0.2, 0.25) is 10.0 Å². The Morgan fingerprint density at radius 1 is 1.45 bits per heavy atom. The first-order valence-corrected chi connectivity index (χ1v) is 9.43. The van der Waals surface area contributed by atoms with Gasteiger partial charge in [-0.15, -0.1) is 11.3 Å². The summed E-state index contributed by atoms with van der Waals surface area (Å²) < 4.78 is 27.8. The number of nitrogens with one attached hydrogen (secondary N) is 1. The van der Waals surface area contributed by atoms with Crippen LogP contribution in [-0.4, -0.2) is 39.0 Å². The average Bonchev–Trinajstić information content (AvgIpc) is 2.91. The van der Waals surface area contributed by atoms with E-state index in [-0.39, 0.29) is 6.04 Å². The molecule has 1 saturated heterocycles. The lowest BCUT2D eigenvalue weighted by atomic mass is 10.1. The predicted molar refractivity (Wildman–Crippen MR) is 82.3 cm³/mol. The monoisotopic (exact) mass is 317 g/mol. The van der Waals surface area contributed by atoms with Crippen LogP contribution in [0.15, 0.2) is 15.7 Å². The summed E-state index contributed by atoms with van der Waals surface area (Å²) in [6.45, 7) is 5.59. The first-order valence-electron chi connectivity index (χ1n) is 7.07. The molecule has 1 aromatic rings. The van der Waals surface area contributed by atoms with Crippen molar-refractivity contribution in [2.75, 3.05) is 19.6 Å². The molecule has 0 atom stereocenters. The van der Waals surface area contributed by atoms with E-state index in [0.717, 1.165) is 44.5 Å². The fourth-order valence-electron chi connectivity index (χ4n) is 2.47. The maximum absolute atomic E-state index is 12.3. The number of nitrogens with zero attached hydrogens (tertiary/aromatic N) is 1. The second kappa shape index (κ2) is 7.00. The van der Waals surface area contributed by atoms with E-state index in [1.165, 1.54) is 11.3 Å². The van der Waals surface area contributed by atoms with Crippen LogP contribution in [0.2, 0.25) is 0 Å². The lowest BCUT2D eigenvalue weighted by molar-refractivity contribution is 0.208. The van der Waals surface area contributed by atoms with E-state index >= 15 is 0 Å². The summed E-state index contributed by atoms with van der Waals surface area (Å²) in [6.07, 6.45) is 2.91. The molecular weight excluding hydrogens is 294 g/mol. The molecule has 0 saturated carbocycles. The number of sulfonamides is 1. The Morgan fingerprint density at radius 2 is 2.15 bits per heavy atom. The van der Waals surface area contributed by atoms with Crippen molar-refractivity contribution in [2.24, 2.45) is 5.73 Å². The van der Waals surface area contributed by atoms with Crippen LogP contribution in [-0.2, 0) is 16.6 Å². The highest BCUT2D eigenvalue weighted by Crippen LogP contribution is 2.21. The highest BCUT2D eigenvalue weighted by atomic mass is 32.2. The molecule has 20 heavy (non-hydrogen) atoms. The van der Waals surface area contributed by atoms with E-state index in [4.69, 9.17) is 5.73 Å². The van der Waals surface area contributed by atoms with Gasteiger partial charge in [-0.1, -0.05) is 6.92 Å². The molecule has 0 amide bonds. The molecule has 1 aromatic heterocycles. The van der Waals surface area contributed by atoms with Crippen LogP contribution in [0, 0.1) is 0 Å². The van der Waals surface area contributed by atoms with Crippen LogP contribution in [0.1, 0.15) is 31.7 Å². The lowest BCUT2D eigenvalue weighted by Gasteiger charge is -2.31. The molecule has 3 N–H and O–H groups in total. The van der Waals surface area contributed by atoms with Gasteiger partial charge < -0.3 is 10.6 Å². The molecule has 5 nitrogen and oxygen atoms in total. The zero-order valence-corrected chi connectivity index (χ0v) is 13.5. The van der Waals surface area contributed by atoms with Gasteiger partial charge >= 0.3 is 0 Å². The van der Waals surface area contributed by atoms with E-state index in [1.807, 2.05) is 0 Å². The first kappa shape index (κ1) is 15.9. The number of nitrogens with two attached hydrogens (primary N) is 1. The predicted octanol–water partition coefficient (Wildman–Crippen LogP) is 1.36. The average molecular weight is 317 g/mol. The molecule has 0 spiro atoms. The van der Waals surface area contributed by atoms with Crippen molar-refractivity contribution >= 4 is 21.4 Å². The maximum atomic E-state index is 12.3. The fraction of sp³-hybridized carbons (Fsp3) is 0.692. The summed E-state index contributed by atoms with van der Waals surface area (Å²) in [5.74, 6) is 0. The zero-order chi connectivity index (χ0) is 14.6. The third-order valence-electron chi connectivity index (χ3n) is 3.58. The number of hydrogen-bond acceptors (Lipinski definition) is 5. The molecule has 1 aliphatic rings. The molecule has 1 aliphatic heterocycles. The topological polar surface area (TPSA) is 75.4 Å². The highest BCUT2D eigenvalue weighted by Gasteiger charge is 2.25. The molecule has 114 valence electrons. The molecular formula is C13H23N3O2S2. The van der Waals surface area contributed by atoms with Crippen LogP contribution in [0.3, 0.4) is 0 Å². The summed E-state index contributed by atoms with van der Waals surface area (Å²) >= 11 is 1.24. The summed E-state index contributed by atoms with van der Waals surface area (Å²) in [5.41, 5.74) is 6.39. The number of rotatable bonds is 6. The molecule has 2 rings (SSSR count). The van der Waals surface area contributed by atoms with Crippen LogP contribution >= 0.6 is 11.3 Å². The van der Waals surface area contributed by atoms with Gasteiger partial charge in [0.1, 0.15) is 4.21 Å². The van der Waals surface area contributed by atoms with Crippen molar-refractivity contribution in [3.8, 4) is 0 Å². The Kier molecular flexibility index (Phi) is 5.57. The Morgan fingerprint density at radius 3 is 2.70 bits per heavy atom. The van der Waals surface area contributed by atoms with Crippen molar-refractivity contribution in [3.05, 3.63) is 17.0 Å². The third-order valence-corrected chi connectivity index (χ3v) is 6.59. The van der Waals surface area contributed by atoms with Gasteiger partial charge in [-0.3, -0.25) is 0 Å². The van der Waals surface area contributed by atoms with E-state index in [0.29, 0.717) is 10.8 Å². The summed E-state index contributed by atoms with van der Waals surface area (Å²) in [4.78, 5) is 2.39. The van der Waals surface area contributed by atoms with Crippen molar-refractivity contribution < 1.29 is 8.42 Å². The second-order valence-corrected chi connectivity index (χ2v) is 8.07. The molecule has 0 radical (unpaired) electrons. The minimum Gasteiger partial charge on any atom is -0.326 e. The molecule has 0 aliphatic carbocycles. The normalized spacial score (nSPS) is 18.5. The van der Waals surface area contributed by atoms with Gasteiger partial charge in [-0.25, -0.2) is 13.1 Å². The van der Waals surface area contributed by atoms with Gasteiger partial charge in [-0.05, 0) is 55.9 Å². The number of piperidine rings is 1. The summed E-state index contributed by atoms with van der Waals surface area (Å²) in [5, 5.41) is 1.80. The molecule has 0 unspecified atom stereocenters. The van der Waals surface area contributed by atoms with Crippen LogP contribution in [0.25, 0.3) is 0 Å². The third kappa shape index (κ3) is 4.02. The Labute approximate surface area is 125 Å². The molecule has 0 aromatic carbocycles. The van der Waals surface area contributed by atoms with Gasteiger partial charge in [-0.2, -0.15) is 0 Å². The van der Waals surface area contributed by atoms with Crippen molar-refractivity contribution in [1.29, 1.82) is 0 Å². The number of hydrogen-bond donors (Lipinski definition) is 2. The molecule has 1 fully saturated rings. The number of thiophene rings is 1. The fourth-order valence-corrected chi connectivity index (χ4v) is 5.01. The van der Waals surface area contributed by atoms with Crippen molar-refractivity contribution in [1.82, 2.24) is 9.62 Å². The molecule has 0 bridgehead atoms. The lowest BCUT2D eigenvalue weighted by Crippen LogP contribution is -2.44. The van der Waals surface area contributed by atoms with Crippen molar-refractivity contribution in [3.63, 3.8) is 0 Å². The van der Waals surface area contributed by atoms with Crippen molar-refractivity contribution in [2.45, 2.75) is 43.0 Å². The van der Waals surface area contributed by atoms with Gasteiger partial charge in [0.25, 0.3) is 0 Å². The Hall–Kier alpha value is -0.470. The maximum Gasteiger partial charge on any atom is 0.250 e. The summed E-state index contributed by atoms with van der Waals surface area (Å²) in [6, 6.07) is 1.72. The standard InChI is InChI=1S/C13H23N3O2S2/c1-2-5-16-6-3-12(4-7-16)15-20(17,18)13-8-11(9-14)10-19-13/h8,10,12,15H,2-7,9,14H2,1H3. The van der Waals surface area contributed by atoms with Crippen LogP contribution in [0.4, 0.5) is 0 Å². The van der Waals surface area contributed by atoms with E-state index in [2.05, 4.69) is 16.5 Å². The molecule has 7 heteroatoms. The highest BCUT2D eigenvalue weighted by molar-refractivity contribution is 7.91. The summed E-state index contributed by atoms with van der Waals surface area (Å²) in [7, 11) is -3.38. The van der Waals surface area contributed by atoms with Crippen LogP contribution in [0.5, 0.6) is 0 Å². The smallest absolute Gasteiger partial charge is 0.250 e. The van der Waals surface area contributed by atoms with Gasteiger partial charge in [0, 0.05) is 12.6 Å². The first-order chi connectivity index (χ1) is 9.55. The number of likely N-dealkylation sites (tertiary alicyclic amines) is 1. The van der Waals surface area contributed by atoms with E-state index < -0.39 is 10.0 Å². The second-order valence-electron chi connectivity index (χ2n) is 5.22. The quantitative estimate of drug-likeness (QED) is 0.831. The van der Waals surface area contributed by atoms with E-state index in [1.54, 1.807) is 11.4 Å². The van der Waals surface area contributed by atoms with Gasteiger partial charge in [0.15, 0.2) is 0 Å². The largest absolute Gasteiger partial charge is 0.326 e. The Balaban J connectivity index is 1.92. The SMILES string of the molecule is CCCN1CCC(NS(=O)(=O)c2cc(CN)cs2)CC1. The van der Waals surface area contributed by atoms with E-state index in [9.17, 15) is 8.42 Å². The Bertz CT molecular complexity index is 519. The molecule has 2 heterocycles. The van der Waals surface area contributed by atoms with Gasteiger partial charge in [0.05, 0.1) is 0 Å². The van der Waals surface area contributed by atoms with Crippen LogP contribution < -0.4 is 10.5 Å². The zero-order valence-electron chi connectivity index (χ0n) is 11.8.